The summed E-state index contributed by atoms with van der Waals surface area (Å²) in [6.45, 7) is 4.47. The molecule has 2 rings (SSSR count). The smallest absolute Gasteiger partial charge is 0.120 e. The van der Waals surface area contributed by atoms with Crippen LogP contribution in [0.5, 0.6) is 5.75 Å². The summed E-state index contributed by atoms with van der Waals surface area (Å²) in [6.07, 6.45) is 6.84. The Balaban J connectivity index is 1.98. The van der Waals surface area contributed by atoms with Crippen LogP contribution in [-0.2, 0) is 0 Å². The Labute approximate surface area is 117 Å². The summed E-state index contributed by atoms with van der Waals surface area (Å²) in [5, 5.41) is 3.27. The zero-order valence-electron chi connectivity index (χ0n) is 12.5. The first-order chi connectivity index (χ1) is 9.22. The number of ether oxygens (including phenoxy) is 1. The molecule has 1 aromatic carbocycles. The lowest BCUT2D eigenvalue weighted by atomic mass is 9.85. The van der Waals surface area contributed by atoms with Gasteiger partial charge in [0.15, 0.2) is 0 Å². The Hall–Kier alpha value is -1.02. The van der Waals surface area contributed by atoms with Gasteiger partial charge in [-0.3, -0.25) is 0 Å². The van der Waals surface area contributed by atoms with Gasteiger partial charge in [0.05, 0.1) is 6.10 Å². The third-order valence-corrected chi connectivity index (χ3v) is 4.41. The van der Waals surface area contributed by atoms with Crippen molar-refractivity contribution in [1.29, 1.82) is 0 Å². The van der Waals surface area contributed by atoms with Crippen molar-refractivity contribution in [3.63, 3.8) is 0 Å². The number of rotatable bonds is 5. The molecule has 0 spiro atoms. The van der Waals surface area contributed by atoms with Gasteiger partial charge in [0.25, 0.3) is 0 Å². The fraction of sp³-hybridized carbons (Fsp3) is 0.647. The van der Waals surface area contributed by atoms with E-state index in [1.807, 2.05) is 7.05 Å². The average molecular weight is 261 g/mol. The quantitative estimate of drug-likeness (QED) is 0.852. The Morgan fingerprint density at radius 2 is 2.21 bits per heavy atom. The maximum Gasteiger partial charge on any atom is 0.120 e. The highest BCUT2D eigenvalue weighted by atomic mass is 16.5. The van der Waals surface area contributed by atoms with E-state index in [2.05, 4.69) is 43.4 Å². The largest absolute Gasteiger partial charge is 0.490 e. The van der Waals surface area contributed by atoms with Crippen molar-refractivity contribution in [3.05, 3.63) is 29.8 Å². The van der Waals surface area contributed by atoms with E-state index in [1.54, 1.807) is 0 Å². The van der Waals surface area contributed by atoms with Gasteiger partial charge < -0.3 is 10.1 Å². The minimum absolute atomic E-state index is 0.373. The van der Waals surface area contributed by atoms with Gasteiger partial charge in [0, 0.05) is 6.04 Å². The second-order valence-corrected chi connectivity index (χ2v) is 5.76. The molecule has 0 bridgehead atoms. The highest BCUT2D eigenvalue weighted by Crippen LogP contribution is 2.30. The molecule has 0 aromatic heterocycles. The van der Waals surface area contributed by atoms with Crippen molar-refractivity contribution in [2.45, 2.75) is 58.1 Å². The van der Waals surface area contributed by atoms with E-state index >= 15 is 0 Å². The van der Waals surface area contributed by atoms with Crippen LogP contribution in [0.4, 0.5) is 0 Å². The van der Waals surface area contributed by atoms with Crippen LogP contribution in [0.15, 0.2) is 24.3 Å². The van der Waals surface area contributed by atoms with Crippen LogP contribution in [0, 0.1) is 5.92 Å². The molecule has 0 heterocycles. The van der Waals surface area contributed by atoms with Crippen LogP contribution in [0.1, 0.15) is 57.6 Å². The Kier molecular flexibility index (Phi) is 5.26. The fourth-order valence-electron chi connectivity index (χ4n) is 2.94. The minimum atomic E-state index is 0.373. The summed E-state index contributed by atoms with van der Waals surface area (Å²) in [4.78, 5) is 0. The van der Waals surface area contributed by atoms with Crippen molar-refractivity contribution in [1.82, 2.24) is 5.32 Å². The summed E-state index contributed by atoms with van der Waals surface area (Å²) in [6, 6.07) is 8.89. The molecule has 0 amide bonds. The van der Waals surface area contributed by atoms with Gasteiger partial charge in [0.1, 0.15) is 5.75 Å². The van der Waals surface area contributed by atoms with E-state index in [-0.39, 0.29) is 0 Å². The maximum atomic E-state index is 6.19. The highest BCUT2D eigenvalue weighted by molar-refractivity contribution is 5.30. The van der Waals surface area contributed by atoms with E-state index in [0.717, 1.165) is 11.7 Å². The lowest BCUT2D eigenvalue weighted by molar-refractivity contribution is 0.122. The summed E-state index contributed by atoms with van der Waals surface area (Å²) in [5.74, 6) is 1.89. The first-order valence-electron chi connectivity index (χ1n) is 7.66. The fourth-order valence-corrected chi connectivity index (χ4v) is 2.94. The molecule has 0 aliphatic heterocycles. The first kappa shape index (κ1) is 14.4. The molecule has 2 heteroatoms. The lowest BCUT2D eigenvalue weighted by Gasteiger charge is -2.29. The Morgan fingerprint density at radius 1 is 1.37 bits per heavy atom. The first-order valence-corrected chi connectivity index (χ1v) is 7.66. The molecule has 2 nitrogen and oxygen atoms in total. The average Bonchev–Trinajstić information content (AvgIpc) is 2.47. The molecule has 1 aliphatic rings. The lowest BCUT2D eigenvalue weighted by Crippen LogP contribution is -2.25. The summed E-state index contributed by atoms with van der Waals surface area (Å²) in [5.41, 5.74) is 1.29. The molecular formula is C17H27NO. The van der Waals surface area contributed by atoms with E-state index < -0.39 is 0 Å². The van der Waals surface area contributed by atoms with Gasteiger partial charge in [-0.05, 0) is 56.8 Å². The molecular weight excluding hydrogens is 234 g/mol. The standard InChI is InChI=1S/C17H27NO/c1-4-14-7-5-9-16(11-14)19-17-10-6-8-15(12-17)13(2)18-3/h6,8,10,12-14,16,18H,4-5,7,9,11H2,1-3H3. The minimum Gasteiger partial charge on any atom is -0.490 e. The van der Waals surface area contributed by atoms with E-state index in [4.69, 9.17) is 4.74 Å². The van der Waals surface area contributed by atoms with Crippen LogP contribution in [0.3, 0.4) is 0 Å². The molecule has 1 aromatic rings. The maximum absolute atomic E-state index is 6.19. The molecule has 0 saturated heterocycles. The molecule has 3 unspecified atom stereocenters. The number of nitrogens with one attached hydrogen (secondary N) is 1. The Bertz CT molecular complexity index is 391. The third kappa shape index (κ3) is 3.97. The van der Waals surface area contributed by atoms with Gasteiger partial charge in [-0.1, -0.05) is 31.9 Å². The zero-order valence-corrected chi connectivity index (χ0v) is 12.5. The molecule has 1 N–H and O–H groups in total. The summed E-state index contributed by atoms with van der Waals surface area (Å²) in [7, 11) is 1.99. The van der Waals surface area contributed by atoms with Gasteiger partial charge in [-0.25, -0.2) is 0 Å². The number of hydrogen-bond donors (Lipinski definition) is 1. The van der Waals surface area contributed by atoms with Crippen LogP contribution in [0.2, 0.25) is 0 Å². The number of benzene rings is 1. The second kappa shape index (κ2) is 6.95. The molecule has 0 radical (unpaired) electrons. The number of hydrogen-bond acceptors (Lipinski definition) is 2. The Morgan fingerprint density at radius 3 is 2.95 bits per heavy atom. The van der Waals surface area contributed by atoms with Gasteiger partial charge in [-0.15, -0.1) is 0 Å². The molecule has 106 valence electrons. The summed E-state index contributed by atoms with van der Waals surface area (Å²) < 4.78 is 6.19. The van der Waals surface area contributed by atoms with Crippen molar-refractivity contribution in [2.75, 3.05) is 7.05 Å². The van der Waals surface area contributed by atoms with Gasteiger partial charge in [-0.2, -0.15) is 0 Å². The molecule has 19 heavy (non-hydrogen) atoms. The molecule has 1 saturated carbocycles. The second-order valence-electron chi connectivity index (χ2n) is 5.76. The molecule has 1 fully saturated rings. The van der Waals surface area contributed by atoms with Crippen molar-refractivity contribution in [3.8, 4) is 5.75 Å². The van der Waals surface area contributed by atoms with Crippen molar-refractivity contribution in [2.24, 2.45) is 5.92 Å². The normalized spacial score (nSPS) is 25.0. The topological polar surface area (TPSA) is 21.3 Å². The molecule has 3 atom stereocenters. The van der Waals surface area contributed by atoms with Gasteiger partial charge in [0.2, 0.25) is 0 Å². The van der Waals surface area contributed by atoms with E-state index in [0.29, 0.717) is 12.1 Å². The van der Waals surface area contributed by atoms with Crippen LogP contribution in [-0.4, -0.2) is 13.2 Å². The van der Waals surface area contributed by atoms with E-state index in [9.17, 15) is 0 Å². The van der Waals surface area contributed by atoms with Crippen LogP contribution < -0.4 is 10.1 Å². The van der Waals surface area contributed by atoms with Crippen molar-refractivity contribution >= 4 is 0 Å². The van der Waals surface area contributed by atoms with E-state index in [1.165, 1.54) is 37.7 Å². The van der Waals surface area contributed by atoms with Gasteiger partial charge >= 0.3 is 0 Å². The van der Waals surface area contributed by atoms with Crippen LogP contribution >= 0.6 is 0 Å². The van der Waals surface area contributed by atoms with Crippen LogP contribution in [0.25, 0.3) is 0 Å². The highest BCUT2D eigenvalue weighted by Gasteiger charge is 2.22. The van der Waals surface area contributed by atoms with Crippen molar-refractivity contribution < 1.29 is 4.74 Å². The predicted octanol–water partition coefficient (Wildman–Crippen LogP) is 4.31. The third-order valence-electron chi connectivity index (χ3n) is 4.41. The summed E-state index contributed by atoms with van der Waals surface area (Å²) >= 11 is 0. The zero-order chi connectivity index (χ0) is 13.7. The molecule has 1 aliphatic carbocycles. The monoisotopic (exact) mass is 261 g/mol. The predicted molar refractivity (Wildman–Crippen MR) is 80.6 cm³/mol. The SMILES string of the molecule is CCC1CCCC(Oc2cccc(C(C)NC)c2)C1.